The Morgan fingerprint density at radius 1 is 1.19 bits per heavy atom. The number of halogens is 1. The molecule has 0 fully saturated rings. The molecule has 0 bridgehead atoms. The fourth-order valence-corrected chi connectivity index (χ4v) is 3.87. The molecule has 2 aromatic carbocycles. The number of carbonyl (C=O) groups is 1. The van der Waals surface area contributed by atoms with E-state index in [2.05, 4.69) is 36.5 Å². The van der Waals surface area contributed by atoms with Crippen LogP contribution in [0.5, 0.6) is 0 Å². The minimum atomic E-state index is -0.319. The minimum Gasteiger partial charge on any atom is -0.296 e. The Morgan fingerprint density at radius 2 is 2.00 bits per heavy atom. The van der Waals surface area contributed by atoms with E-state index in [9.17, 15) is 4.79 Å². The third kappa shape index (κ3) is 3.02. The topological polar surface area (TPSA) is 72.7 Å². The first-order valence-electron chi connectivity index (χ1n) is 7.88. The highest BCUT2D eigenvalue weighted by molar-refractivity contribution is 9.10. The normalized spacial score (nSPS) is 11.0. The highest BCUT2D eigenvalue weighted by Gasteiger charge is 2.19. The Kier molecular flexibility index (Phi) is 4.29. The molecule has 2 aromatic heterocycles. The van der Waals surface area contributed by atoms with E-state index in [-0.39, 0.29) is 11.6 Å². The SMILES string of the molecule is Cc1ccccc1-n1nnc(C(=O)Nc2nc3cc(Br)ccc3s2)c1C. The minimum absolute atomic E-state index is 0.286. The van der Waals surface area contributed by atoms with Gasteiger partial charge in [0.2, 0.25) is 0 Å². The molecule has 2 heterocycles. The molecule has 0 saturated heterocycles. The van der Waals surface area contributed by atoms with E-state index in [1.807, 2.05) is 56.3 Å². The van der Waals surface area contributed by atoms with Gasteiger partial charge in [0.05, 0.1) is 21.6 Å². The maximum absolute atomic E-state index is 12.6. The molecule has 0 radical (unpaired) electrons. The van der Waals surface area contributed by atoms with Crippen molar-refractivity contribution in [3.05, 3.63) is 63.9 Å². The predicted molar refractivity (Wildman–Crippen MR) is 106 cm³/mol. The zero-order valence-corrected chi connectivity index (χ0v) is 16.4. The van der Waals surface area contributed by atoms with E-state index in [4.69, 9.17) is 0 Å². The molecule has 0 atom stereocenters. The van der Waals surface area contributed by atoms with Crippen LogP contribution in [0.3, 0.4) is 0 Å². The quantitative estimate of drug-likeness (QED) is 0.521. The summed E-state index contributed by atoms with van der Waals surface area (Å²) in [6, 6.07) is 13.7. The Bertz CT molecular complexity index is 1130. The van der Waals surface area contributed by atoms with Crippen LogP contribution in [-0.4, -0.2) is 25.9 Å². The highest BCUT2D eigenvalue weighted by Crippen LogP contribution is 2.28. The standard InChI is InChI=1S/C18H14BrN5OS/c1-10-5-3-4-6-14(10)24-11(2)16(22-23-24)17(25)21-18-20-13-9-12(19)7-8-15(13)26-18/h3-9H,1-2H3,(H,20,21,25). The van der Waals surface area contributed by atoms with Crippen molar-refractivity contribution in [2.75, 3.05) is 5.32 Å². The summed E-state index contributed by atoms with van der Waals surface area (Å²) in [5.74, 6) is -0.319. The molecule has 0 spiro atoms. The van der Waals surface area contributed by atoms with E-state index >= 15 is 0 Å². The number of nitrogens with one attached hydrogen (secondary N) is 1. The molecule has 0 unspecified atom stereocenters. The molecule has 1 amide bonds. The first-order valence-corrected chi connectivity index (χ1v) is 9.49. The number of nitrogens with zero attached hydrogens (tertiary/aromatic N) is 4. The predicted octanol–water partition coefficient (Wildman–Crippen LogP) is 4.51. The van der Waals surface area contributed by atoms with Crippen molar-refractivity contribution in [2.45, 2.75) is 13.8 Å². The second kappa shape index (κ2) is 6.62. The zero-order valence-electron chi connectivity index (χ0n) is 14.0. The monoisotopic (exact) mass is 427 g/mol. The zero-order chi connectivity index (χ0) is 18.3. The highest BCUT2D eigenvalue weighted by atomic mass is 79.9. The number of fused-ring (bicyclic) bond motifs is 1. The molecule has 0 aliphatic heterocycles. The summed E-state index contributed by atoms with van der Waals surface area (Å²) >= 11 is 4.85. The number of amides is 1. The first kappa shape index (κ1) is 16.9. The average molecular weight is 428 g/mol. The second-order valence-electron chi connectivity index (χ2n) is 5.81. The van der Waals surface area contributed by atoms with Gasteiger partial charge in [-0.25, -0.2) is 9.67 Å². The van der Waals surface area contributed by atoms with Crippen LogP contribution in [0.2, 0.25) is 0 Å². The number of hydrogen-bond acceptors (Lipinski definition) is 5. The van der Waals surface area contributed by atoms with Gasteiger partial charge >= 0.3 is 0 Å². The van der Waals surface area contributed by atoms with E-state index in [0.717, 1.165) is 25.9 Å². The van der Waals surface area contributed by atoms with Crippen LogP contribution in [0, 0.1) is 13.8 Å². The van der Waals surface area contributed by atoms with Gasteiger partial charge in [-0.2, -0.15) is 0 Å². The summed E-state index contributed by atoms with van der Waals surface area (Å²) in [5.41, 5.74) is 3.76. The maximum atomic E-state index is 12.6. The number of benzene rings is 2. The first-order chi connectivity index (χ1) is 12.5. The van der Waals surface area contributed by atoms with Crippen molar-refractivity contribution in [1.29, 1.82) is 0 Å². The number of para-hydroxylation sites is 1. The van der Waals surface area contributed by atoms with Crippen LogP contribution < -0.4 is 5.32 Å². The number of carbonyl (C=O) groups excluding carboxylic acids is 1. The maximum Gasteiger partial charge on any atom is 0.279 e. The van der Waals surface area contributed by atoms with Crippen LogP contribution in [0.4, 0.5) is 5.13 Å². The average Bonchev–Trinajstić information content (AvgIpc) is 3.18. The van der Waals surface area contributed by atoms with E-state index in [1.165, 1.54) is 11.3 Å². The molecule has 4 aromatic rings. The van der Waals surface area contributed by atoms with Gasteiger partial charge in [-0.15, -0.1) is 5.10 Å². The van der Waals surface area contributed by atoms with Crippen LogP contribution in [0.25, 0.3) is 15.9 Å². The molecule has 26 heavy (non-hydrogen) atoms. The fraction of sp³-hybridized carbons (Fsp3) is 0.111. The van der Waals surface area contributed by atoms with Gasteiger partial charge in [0.1, 0.15) is 0 Å². The van der Waals surface area contributed by atoms with Crippen LogP contribution in [0.15, 0.2) is 46.9 Å². The molecule has 8 heteroatoms. The number of aryl methyl sites for hydroxylation is 1. The third-order valence-electron chi connectivity index (χ3n) is 4.02. The smallest absolute Gasteiger partial charge is 0.279 e. The lowest BCUT2D eigenvalue weighted by molar-refractivity contribution is 0.102. The Hall–Kier alpha value is -2.58. The Balaban J connectivity index is 1.63. The molecular formula is C18H14BrN5OS. The lowest BCUT2D eigenvalue weighted by Gasteiger charge is -2.06. The third-order valence-corrected chi connectivity index (χ3v) is 5.47. The van der Waals surface area contributed by atoms with Crippen molar-refractivity contribution in [1.82, 2.24) is 20.0 Å². The van der Waals surface area contributed by atoms with E-state index < -0.39 is 0 Å². The van der Waals surface area contributed by atoms with Gasteiger partial charge in [0.15, 0.2) is 10.8 Å². The fourth-order valence-electron chi connectivity index (χ4n) is 2.68. The number of thiazole rings is 1. The molecule has 1 N–H and O–H groups in total. The Labute approximate surface area is 162 Å². The van der Waals surface area contributed by atoms with Crippen LogP contribution in [0.1, 0.15) is 21.7 Å². The van der Waals surface area contributed by atoms with Gasteiger partial charge in [0, 0.05) is 4.47 Å². The van der Waals surface area contributed by atoms with Gasteiger partial charge in [0.25, 0.3) is 5.91 Å². The molecular weight excluding hydrogens is 414 g/mol. The molecule has 130 valence electrons. The van der Waals surface area contributed by atoms with Crippen molar-refractivity contribution in [2.24, 2.45) is 0 Å². The number of anilines is 1. The molecule has 0 saturated carbocycles. The van der Waals surface area contributed by atoms with Crippen LogP contribution >= 0.6 is 27.3 Å². The van der Waals surface area contributed by atoms with Crippen molar-refractivity contribution in [3.63, 3.8) is 0 Å². The van der Waals surface area contributed by atoms with Crippen LogP contribution in [-0.2, 0) is 0 Å². The van der Waals surface area contributed by atoms with E-state index in [0.29, 0.717) is 10.8 Å². The van der Waals surface area contributed by atoms with E-state index in [1.54, 1.807) is 4.68 Å². The van der Waals surface area contributed by atoms with Gasteiger partial charge < -0.3 is 0 Å². The summed E-state index contributed by atoms with van der Waals surface area (Å²) < 4.78 is 3.63. The summed E-state index contributed by atoms with van der Waals surface area (Å²) in [6.07, 6.45) is 0. The van der Waals surface area contributed by atoms with Crippen molar-refractivity contribution >= 4 is 48.5 Å². The molecule has 4 rings (SSSR count). The number of rotatable bonds is 3. The lowest BCUT2D eigenvalue weighted by atomic mass is 10.2. The summed E-state index contributed by atoms with van der Waals surface area (Å²) in [4.78, 5) is 17.1. The second-order valence-corrected chi connectivity index (χ2v) is 7.75. The van der Waals surface area contributed by atoms with Gasteiger partial charge in [-0.1, -0.05) is 50.7 Å². The van der Waals surface area contributed by atoms with Gasteiger partial charge in [-0.05, 0) is 43.7 Å². The molecule has 0 aliphatic rings. The molecule has 0 aliphatic carbocycles. The summed E-state index contributed by atoms with van der Waals surface area (Å²) in [6.45, 7) is 3.83. The largest absolute Gasteiger partial charge is 0.296 e. The van der Waals surface area contributed by atoms with Crippen molar-refractivity contribution in [3.8, 4) is 5.69 Å². The molecule has 6 nitrogen and oxygen atoms in total. The van der Waals surface area contributed by atoms with Crippen molar-refractivity contribution < 1.29 is 4.79 Å². The Morgan fingerprint density at radius 3 is 2.81 bits per heavy atom. The number of hydrogen-bond donors (Lipinski definition) is 1. The summed E-state index contributed by atoms with van der Waals surface area (Å²) in [7, 11) is 0. The number of aromatic nitrogens is 4. The summed E-state index contributed by atoms with van der Waals surface area (Å²) in [5, 5.41) is 11.6. The lowest BCUT2D eigenvalue weighted by Crippen LogP contribution is -2.14. The van der Waals surface area contributed by atoms with Gasteiger partial charge in [-0.3, -0.25) is 10.1 Å².